The monoisotopic (exact) mass is 608 g/mol. The van der Waals surface area contributed by atoms with Crippen molar-refractivity contribution in [3.05, 3.63) is 89.7 Å². The highest BCUT2D eigenvalue weighted by Crippen LogP contribution is 2.34. The van der Waals surface area contributed by atoms with Gasteiger partial charge in [0.1, 0.15) is 12.1 Å². The number of amidine groups is 1. The van der Waals surface area contributed by atoms with E-state index in [1.165, 1.54) is 47.0 Å². The van der Waals surface area contributed by atoms with Crippen molar-refractivity contribution in [2.75, 3.05) is 23.9 Å². The molecule has 0 unspecified atom stereocenters. The second kappa shape index (κ2) is 13.0. The van der Waals surface area contributed by atoms with Gasteiger partial charge >= 0.3 is 6.36 Å². The molecule has 1 N–H and O–H groups in total. The van der Waals surface area contributed by atoms with Gasteiger partial charge < -0.3 is 4.74 Å². The molecule has 2 heterocycles. The molecule has 0 atom stereocenters. The number of aromatic nitrogens is 3. The third-order valence-corrected chi connectivity index (χ3v) is 7.73. The van der Waals surface area contributed by atoms with Crippen LogP contribution in [0.25, 0.3) is 17.1 Å². The molecule has 1 fully saturated rings. The molecule has 1 aliphatic rings. The molecule has 0 aliphatic carbocycles. The predicted molar refractivity (Wildman–Crippen MR) is 163 cm³/mol. The van der Waals surface area contributed by atoms with E-state index in [0.717, 1.165) is 34.4 Å². The van der Waals surface area contributed by atoms with Gasteiger partial charge in [0, 0.05) is 12.1 Å². The number of benzene rings is 3. The second-order valence-electron chi connectivity index (χ2n) is 10.3. The van der Waals surface area contributed by atoms with Crippen LogP contribution in [0.1, 0.15) is 36.5 Å². The molecule has 0 saturated carbocycles. The number of anilines is 1. The molecule has 12 heteroatoms. The molecular weight excluding hydrogens is 577 g/mol. The Hall–Kier alpha value is -4.16. The van der Waals surface area contributed by atoms with Crippen molar-refractivity contribution in [2.24, 2.45) is 4.99 Å². The Morgan fingerprint density at radius 3 is 2.51 bits per heavy atom. The number of nitrogens with zero attached hydrogens (tertiary/aromatic N) is 5. The SMILES string of the molecule is Cc1ccc(C(C)C)c(N2C(=O)CSC2=NCNCCc2ccc(-c3ncn(-c4ccc(OC(F)(F)F)cc4)n3)cc2)c1. The van der Waals surface area contributed by atoms with E-state index in [9.17, 15) is 18.0 Å². The Balaban J connectivity index is 1.14. The van der Waals surface area contributed by atoms with Crippen LogP contribution in [0, 0.1) is 6.92 Å². The Kier molecular flexibility index (Phi) is 9.16. The summed E-state index contributed by atoms with van der Waals surface area (Å²) in [5, 5.41) is 8.50. The molecule has 0 radical (unpaired) electrons. The van der Waals surface area contributed by atoms with Crippen molar-refractivity contribution in [1.82, 2.24) is 20.1 Å². The second-order valence-corrected chi connectivity index (χ2v) is 11.3. The van der Waals surface area contributed by atoms with Crippen LogP contribution >= 0.6 is 11.8 Å². The van der Waals surface area contributed by atoms with Crippen LogP contribution in [0.15, 0.2) is 78.0 Å². The largest absolute Gasteiger partial charge is 0.573 e. The zero-order valence-electron chi connectivity index (χ0n) is 23.9. The highest BCUT2D eigenvalue weighted by Gasteiger charge is 2.32. The van der Waals surface area contributed by atoms with Crippen LogP contribution in [0.3, 0.4) is 0 Å². The highest BCUT2D eigenvalue weighted by atomic mass is 32.2. The number of amides is 1. The van der Waals surface area contributed by atoms with E-state index in [1.54, 1.807) is 4.90 Å². The third kappa shape index (κ3) is 7.63. The van der Waals surface area contributed by atoms with E-state index >= 15 is 0 Å². The minimum absolute atomic E-state index is 0.0455. The van der Waals surface area contributed by atoms with E-state index in [0.29, 0.717) is 35.6 Å². The van der Waals surface area contributed by atoms with Gasteiger partial charge in [0.2, 0.25) is 5.91 Å². The van der Waals surface area contributed by atoms with Crippen molar-refractivity contribution in [3.8, 4) is 22.8 Å². The lowest BCUT2D eigenvalue weighted by atomic mass is 9.99. The maximum atomic E-state index is 12.8. The lowest BCUT2D eigenvalue weighted by Gasteiger charge is -2.22. The van der Waals surface area contributed by atoms with Gasteiger partial charge in [-0.2, -0.15) is 0 Å². The quantitative estimate of drug-likeness (QED) is 0.207. The number of hydrogen-bond donors (Lipinski definition) is 1. The van der Waals surface area contributed by atoms with E-state index in [-0.39, 0.29) is 17.6 Å². The van der Waals surface area contributed by atoms with Crippen molar-refractivity contribution in [3.63, 3.8) is 0 Å². The number of halogens is 3. The molecule has 1 amide bonds. The first-order chi connectivity index (χ1) is 20.6. The first kappa shape index (κ1) is 30.3. The average molecular weight is 609 g/mol. The average Bonchev–Trinajstić information content (AvgIpc) is 3.60. The van der Waals surface area contributed by atoms with Gasteiger partial charge in [-0.25, -0.2) is 14.7 Å². The molecule has 43 heavy (non-hydrogen) atoms. The Labute approximate surface area is 252 Å². The van der Waals surface area contributed by atoms with Crippen molar-refractivity contribution >= 4 is 28.5 Å². The molecule has 1 aromatic heterocycles. The van der Waals surface area contributed by atoms with Crippen LogP contribution in [0.4, 0.5) is 18.9 Å². The first-order valence-electron chi connectivity index (χ1n) is 13.8. The zero-order valence-corrected chi connectivity index (χ0v) is 24.7. The van der Waals surface area contributed by atoms with Gasteiger partial charge in [0.25, 0.3) is 0 Å². The fraction of sp³-hybridized carbons (Fsp3) is 0.290. The van der Waals surface area contributed by atoms with Gasteiger partial charge in [-0.15, -0.1) is 18.3 Å². The number of rotatable bonds is 10. The van der Waals surface area contributed by atoms with Crippen LogP contribution in [-0.4, -0.2) is 51.2 Å². The summed E-state index contributed by atoms with van der Waals surface area (Å²) in [6, 6.07) is 19.5. The van der Waals surface area contributed by atoms with Crippen molar-refractivity contribution < 1.29 is 22.7 Å². The van der Waals surface area contributed by atoms with Crippen molar-refractivity contribution in [1.29, 1.82) is 0 Å². The van der Waals surface area contributed by atoms with Crippen LogP contribution < -0.4 is 15.0 Å². The van der Waals surface area contributed by atoms with Crippen LogP contribution in [-0.2, 0) is 11.2 Å². The molecule has 0 spiro atoms. The molecule has 3 aromatic carbocycles. The Bertz CT molecular complexity index is 1600. The number of ether oxygens (including phenoxy) is 1. The summed E-state index contributed by atoms with van der Waals surface area (Å²) in [7, 11) is 0. The highest BCUT2D eigenvalue weighted by molar-refractivity contribution is 8.15. The molecular formula is C31H31F3N6O2S. The smallest absolute Gasteiger partial charge is 0.406 e. The van der Waals surface area contributed by atoms with Gasteiger partial charge in [0.05, 0.1) is 23.8 Å². The number of carbonyl (C=O) groups is 1. The van der Waals surface area contributed by atoms with Gasteiger partial charge in [-0.3, -0.25) is 15.0 Å². The third-order valence-electron chi connectivity index (χ3n) is 6.77. The normalized spacial score (nSPS) is 14.7. The summed E-state index contributed by atoms with van der Waals surface area (Å²) in [6.07, 6.45) is -2.45. The number of nitrogens with one attached hydrogen (secondary N) is 1. The minimum Gasteiger partial charge on any atom is -0.406 e. The molecule has 0 bridgehead atoms. The maximum Gasteiger partial charge on any atom is 0.573 e. The van der Waals surface area contributed by atoms with Crippen LogP contribution in [0.2, 0.25) is 0 Å². The molecule has 224 valence electrons. The number of carbonyl (C=O) groups excluding carboxylic acids is 1. The molecule has 5 rings (SSSR count). The lowest BCUT2D eigenvalue weighted by Crippen LogP contribution is -2.31. The fourth-order valence-corrected chi connectivity index (χ4v) is 5.49. The van der Waals surface area contributed by atoms with Gasteiger partial charge in [0.15, 0.2) is 11.0 Å². The summed E-state index contributed by atoms with van der Waals surface area (Å²) in [5.74, 6) is 0.912. The minimum atomic E-state index is -4.74. The first-order valence-corrected chi connectivity index (χ1v) is 14.7. The van der Waals surface area contributed by atoms with E-state index in [4.69, 9.17) is 4.99 Å². The van der Waals surface area contributed by atoms with Crippen molar-refractivity contribution in [2.45, 2.75) is 39.5 Å². The number of aliphatic imine (C=N–C) groups is 1. The maximum absolute atomic E-state index is 12.8. The predicted octanol–water partition coefficient (Wildman–Crippen LogP) is 6.49. The van der Waals surface area contributed by atoms with E-state index in [1.807, 2.05) is 31.2 Å². The Morgan fingerprint density at radius 1 is 1.07 bits per heavy atom. The molecule has 4 aromatic rings. The molecule has 8 nitrogen and oxygen atoms in total. The summed E-state index contributed by atoms with van der Waals surface area (Å²) in [5.41, 5.74) is 5.64. The number of aryl methyl sites for hydroxylation is 1. The fourth-order valence-electron chi connectivity index (χ4n) is 4.63. The van der Waals surface area contributed by atoms with E-state index < -0.39 is 6.36 Å². The van der Waals surface area contributed by atoms with Crippen LogP contribution in [0.5, 0.6) is 5.75 Å². The lowest BCUT2D eigenvalue weighted by molar-refractivity contribution is -0.274. The summed E-state index contributed by atoms with van der Waals surface area (Å²) >= 11 is 1.46. The standard InChI is InChI=1S/C31H31F3N6O2S/c1-20(2)26-13-4-21(3)16-27(26)40-28(41)17-43-30(40)36-18-35-15-14-22-5-7-23(8-6-22)29-37-19-39(38-29)24-9-11-25(12-10-24)42-31(32,33)34/h4-13,16,19-20,35H,14-15,17-18H2,1-3H3. The summed E-state index contributed by atoms with van der Waals surface area (Å²) < 4.78 is 42.6. The van der Waals surface area contributed by atoms with Gasteiger partial charge in [-0.1, -0.05) is 62.0 Å². The summed E-state index contributed by atoms with van der Waals surface area (Å²) in [4.78, 5) is 23.5. The number of hydrogen-bond acceptors (Lipinski definition) is 7. The zero-order chi connectivity index (χ0) is 30.6. The Morgan fingerprint density at radius 2 is 1.81 bits per heavy atom. The topological polar surface area (TPSA) is 84.6 Å². The molecule has 1 saturated heterocycles. The number of alkyl halides is 3. The van der Waals surface area contributed by atoms with E-state index in [2.05, 4.69) is 52.2 Å². The van der Waals surface area contributed by atoms with Gasteiger partial charge in [-0.05, 0) is 66.3 Å². The number of thioether (sulfide) groups is 1. The summed E-state index contributed by atoms with van der Waals surface area (Å²) in [6.45, 7) is 7.38. The molecule has 1 aliphatic heterocycles.